The van der Waals surface area contributed by atoms with Crippen LogP contribution in [0.25, 0.3) is 0 Å². The first kappa shape index (κ1) is 18.0. The quantitative estimate of drug-likeness (QED) is 0.249. The molecule has 0 aliphatic heterocycles. The van der Waals surface area contributed by atoms with Crippen LogP contribution >= 0.6 is 63.7 Å². The highest BCUT2D eigenvalue weighted by Gasteiger charge is 2.07. The number of benzene rings is 1. The normalized spacial score (nSPS) is 10.7. The van der Waals surface area contributed by atoms with Crippen molar-refractivity contribution in [3.8, 4) is 5.75 Å². The molecule has 1 aromatic rings. The van der Waals surface area contributed by atoms with Crippen molar-refractivity contribution >= 4 is 63.7 Å². The summed E-state index contributed by atoms with van der Waals surface area (Å²) in [6.07, 6.45) is 7.61. The van der Waals surface area contributed by atoms with Crippen molar-refractivity contribution in [2.75, 3.05) is 11.9 Å². The molecule has 0 aliphatic rings. The van der Waals surface area contributed by atoms with Gasteiger partial charge >= 0.3 is 0 Å². The van der Waals surface area contributed by atoms with Gasteiger partial charge in [0.25, 0.3) is 0 Å². The van der Waals surface area contributed by atoms with Crippen LogP contribution in [0.15, 0.2) is 25.6 Å². The average molecular weight is 522 g/mol. The molecule has 0 aromatic heterocycles. The Balaban J connectivity index is 2.19. The molecular weight excluding hydrogens is 504 g/mol. The molecule has 0 spiro atoms. The molecule has 1 nitrogen and oxygen atoms in total. The second-order valence-electron chi connectivity index (χ2n) is 4.36. The summed E-state index contributed by atoms with van der Waals surface area (Å²) in [7, 11) is 0. The summed E-state index contributed by atoms with van der Waals surface area (Å²) in [5, 5.41) is 1.13. The van der Waals surface area contributed by atoms with Crippen LogP contribution in [0.1, 0.15) is 38.5 Å². The van der Waals surface area contributed by atoms with Crippen LogP contribution in [-0.4, -0.2) is 11.9 Å². The zero-order valence-corrected chi connectivity index (χ0v) is 17.1. The Bertz CT molecular complexity index is 359. The summed E-state index contributed by atoms with van der Waals surface area (Å²) in [5.74, 6) is 0.891. The lowest BCUT2D eigenvalue weighted by molar-refractivity contribution is 0.301. The monoisotopic (exact) mass is 518 g/mol. The van der Waals surface area contributed by atoms with E-state index in [9.17, 15) is 0 Å². The third-order valence-electron chi connectivity index (χ3n) is 2.74. The van der Waals surface area contributed by atoms with Crippen molar-refractivity contribution in [1.29, 1.82) is 0 Å². The minimum atomic E-state index is 0.775. The van der Waals surface area contributed by atoms with Crippen LogP contribution in [0.4, 0.5) is 0 Å². The van der Waals surface area contributed by atoms with E-state index in [1.165, 1.54) is 32.1 Å². The predicted molar refractivity (Wildman–Crippen MR) is 96.5 cm³/mol. The molecule has 0 unspecified atom stereocenters. The minimum absolute atomic E-state index is 0.775. The van der Waals surface area contributed by atoms with Crippen LogP contribution in [-0.2, 0) is 0 Å². The Labute approximate surface area is 149 Å². The molecule has 0 heterocycles. The van der Waals surface area contributed by atoms with Gasteiger partial charge in [-0.05, 0) is 56.8 Å². The molecule has 0 saturated heterocycles. The van der Waals surface area contributed by atoms with Gasteiger partial charge < -0.3 is 4.74 Å². The summed E-state index contributed by atoms with van der Waals surface area (Å²) in [5.41, 5.74) is 0. The van der Waals surface area contributed by atoms with Crippen molar-refractivity contribution < 1.29 is 4.74 Å². The zero-order chi connectivity index (χ0) is 14.1. The third kappa shape index (κ3) is 7.49. The molecule has 5 heteroatoms. The van der Waals surface area contributed by atoms with E-state index in [0.29, 0.717) is 0 Å². The Morgan fingerprint density at radius 3 is 1.89 bits per heavy atom. The largest absolute Gasteiger partial charge is 0.491 e. The molecule has 0 saturated carbocycles. The maximum atomic E-state index is 5.83. The van der Waals surface area contributed by atoms with Crippen molar-refractivity contribution in [1.82, 2.24) is 0 Å². The molecule has 0 fully saturated rings. The van der Waals surface area contributed by atoms with Crippen molar-refractivity contribution in [3.05, 3.63) is 25.6 Å². The highest BCUT2D eigenvalue weighted by atomic mass is 79.9. The number of hydrogen-bond acceptors (Lipinski definition) is 1. The smallest absolute Gasteiger partial charge is 0.147 e. The highest BCUT2D eigenvalue weighted by molar-refractivity contribution is 9.11. The van der Waals surface area contributed by atoms with Gasteiger partial charge in [0.1, 0.15) is 5.75 Å². The molecule has 0 amide bonds. The van der Waals surface area contributed by atoms with Gasteiger partial charge in [-0.2, -0.15) is 0 Å². The molecule has 19 heavy (non-hydrogen) atoms. The predicted octanol–water partition coefficient (Wildman–Crippen LogP) is 7.09. The number of rotatable bonds is 9. The Morgan fingerprint density at radius 1 is 0.789 bits per heavy atom. The first-order valence-electron chi connectivity index (χ1n) is 6.48. The number of ether oxygens (including phenoxy) is 1. The van der Waals surface area contributed by atoms with E-state index in [2.05, 4.69) is 63.7 Å². The third-order valence-corrected chi connectivity index (χ3v) is 4.93. The number of hydrogen-bond donors (Lipinski definition) is 0. The van der Waals surface area contributed by atoms with Gasteiger partial charge in [-0.1, -0.05) is 57.5 Å². The average Bonchev–Trinajstić information content (AvgIpc) is 2.35. The van der Waals surface area contributed by atoms with Crippen LogP contribution in [0, 0.1) is 0 Å². The zero-order valence-electron chi connectivity index (χ0n) is 10.7. The Morgan fingerprint density at radius 2 is 1.32 bits per heavy atom. The van der Waals surface area contributed by atoms with E-state index in [0.717, 1.165) is 37.5 Å². The molecule has 0 bridgehead atoms. The van der Waals surface area contributed by atoms with Gasteiger partial charge in [-0.3, -0.25) is 0 Å². The van der Waals surface area contributed by atoms with Gasteiger partial charge in [-0.25, -0.2) is 0 Å². The van der Waals surface area contributed by atoms with Gasteiger partial charge in [0.05, 0.1) is 15.6 Å². The number of halogens is 4. The van der Waals surface area contributed by atoms with E-state index < -0.39 is 0 Å². The van der Waals surface area contributed by atoms with Crippen LogP contribution < -0.4 is 4.74 Å². The second-order valence-corrected chi connectivity index (χ2v) is 7.77. The fourth-order valence-corrected chi connectivity index (χ4v) is 4.63. The van der Waals surface area contributed by atoms with E-state index in [-0.39, 0.29) is 0 Å². The summed E-state index contributed by atoms with van der Waals surface area (Å²) >= 11 is 13.9. The van der Waals surface area contributed by atoms with Gasteiger partial charge in [-0.15, -0.1) is 0 Å². The van der Waals surface area contributed by atoms with Crippen molar-refractivity contribution in [3.63, 3.8) is 0 Å². The molecule has 0 N–H and O–H groups in total. The SMILES string of the molecule is BrCCCCCCCCOc1c(Br)cc(Br)cc1Br. The summed E-state index contributed by atoms with van der Waals surface area (Å²) in [6.45, 7) is 0.775. The molecule has 0 radical (unpaired) electrons. The standard InChI is InChI=1S/C14H18Br4O/c15-7-5-3-1-2-4-6-8-19-14-12(17)9-11(16)10-13(14)18/h9-10H,1-8H2. The van der Waals surface area contributed by atoms with Gasteiger partial charge in [0.2, 0.25) is 0 Å². The van der Waals surface area contributed by atoms with Crippen LogP contribution in [0.3, 0.4) is 0 Å². The molecule has 0 aliphatic carbocycles. The fraction of sp³-hybridized carbons (Fsp3) is 0.571. The van der Waals surface area contributed by atoms with Crippen molar-refractivity contribution in [2.45, 2.75) is 38.5 Å². The first-order chi connectivity index (χ1) is 9.15. The van der Waals surface area contributed by atoms with E-state index in [1.54, 1.807) is 0 Å². The second kappa shape index (κ2) is 10.6. The lowest BCUT2D eigenvalue weighted by Gasteiger charge is -2.10. The van der Waals surface area contributed by atoms with Crippen LogP contribution in [0.5, 0.6) is 5.75 Å². The fourth-order valence-electron chi connectivity index (χ4n) is 1.74. The lowest BCUT2D eigenvalue weighted by Crippen LogP contribution is -1.99. The van der Waals surface area contributed by atoms with E-state index >= 15 is 0 Å². The first-order valence-corrected chi connectivity index (χ1v) is 9.98. The van der Waals surface area contributed by atoms with E-state index in [4.69, 9.17) is 4.74 Å². The van der Waals surface area contributed by atoms with Crippen LogP contribution in [0.2, 0.25) is 0 Å². The number of unbranched alkanes of at least 4 members (excludes halogenated alkanes) is 5. The summed E-state index contributed by atoms with van der Waals surface area (Å²) in [4.78, 5) is 0. The van der Waals surface area contributed by atoms with E-state index in [1.807, 2.05) is 12.1 Å². The molecule has 1 rings (SSSR count). The minimum Gasteiger partial charge on any atom is -0.491 e. The number of alkyl halides is 1. The highest BCUT2D eigenvalue weighted by Crippen LogP contribution is 2.36. The Hall–Kier alpha value is 0.940. The molecule has 0 atom stereocenters. The van der Waals surface area contributed by atoms with Gasteiger partial charge in [0, 0.05) is 9.80 Å². The Kier molecular flexibility index (Phi) is 10.1. The lowest BCUT2D eigenvalue weighted by atomic mass is 10.1. The topological polar surface area (TPSA) is 9.23 Å². The van der Waals surface area contributed by atoms with Crippen molar-refractivity contribution in [2.24, 2.45) is 0 Å². The maximum absolute atomic E-state index is 5.83. The maximum Gasteiger partial charge on any atom is 0.147 e. The summed E-state index contributed by atoms with van der Waals surface area (Å²) in [6, 6.07) is 4.00. The molecular formula is C14H18Br4O. The molecule has 108 valence electrons. The van der Waals surface area contributed by atoms with Gasteiger partial charge in [0.15, 0.2) is 0 Å². The summed E-state index contributed by atoms with van der Waals surface area (Å²) < 4.78 is 8.82. The molecule has 1 aromatic carbocycles.